The molecule has 7 nitrogen and oxygen atoms in total. The summed E-state index contributed by atoms with van der Waals surface area (Å²) >= 11 is 3.08. The number of azo groups is 1. The molecular formula is C13H12BrFN2O5. The first-order valence-electron chi connectivity index (χ1n) is 5.83. The monoisotopic (exact) mass is 374 g/mol. The summed E-state index contributed by atoms with van der Waals surface area (Å²) in [6.45, 7) is 0. The summed E-state index contributed by atoms with van der Waals surface area (Å²) in [6.07, 6.45) is -0.594. The zero-order valence-electron chi connectivity index (χ0n) is 11.7. The Balaban J connectivity index is 3.13. The van der Waals surface area contributed by atoms with Crippen LogP contribution in [0.15, 0.2) is 44.4 Å². The molecular weight excluding hydrogens is 363 g/mol. The smallest absolute Gasteiger partial charge is 0.362 e. The summed E-state index contributed by atoms with van der Waals surface area (Å²) in [5.41, 5.74) is -0.773. The molecule has 0 amide bonds. The zero-order chi connectivity index (χ0) is 16.7. The van der Waals surface area contributed by atoms with Crippen molar-refractivity contribution in [2.45, 2.75) is 6.42 Å². The molecule has 0 aliphatic rings. The molecule has 1 aromatic rings. The molecule has 1 rings (SSSR count). The van der Waals surface area contributed by atoms with Crippen LogP contribution in [0, 0.1) is 5.82 Å². The van der Waals surface area contributed by atoms with Crippen LogP contribution in [0.3, 0.4) is 0 Å². The number of carbonyl (C=O) groups is 2. The first-order valence-corrected chi connectivity index (χ1v) is 6.62. The number of rotatable bonds is 5. The van der Waals surface area contributed by atoms with E-state index in [9.17, 15) is 19.1 Å². The number of benzene rings is 1. The fourth-order valence-electron chi connectivity index (χ4n) is 1.27. The van der Waals surface area contributed by atoms with Crippen LogP contribution in [-0.2, 0) is 19.1 Å². The summed E-state index contributed by atoms with van der Waals surface area (Å²) in [7, 11) is 2.18. The number of nitrogens with zero attached hydrogens (tertiary/aromatic N) is 2. The fraction of sp³-hybridized carbons (Fsp3) is 0.231. The zero-order valence-corrected chi connectivity index (χ0v) is 13.3. The van der Waals surface area contributed by atoms with Crippen molar-refractivity contribution in [1.82, 2.24) is 0 Å². The molecule has 0 bridgehead atoms. The van der Waals surface area contributed by atoms with Crippen molar-refractivity contribution in [3.05, 3.63) is 39.9 Å². The standard InChI is InChI=1S/C13H12BrFN2O5/c1-21-11(19)6-10(18)12(13(20)22-2)17-16-9-4-3-7(14)5-8(9)15/h3-5,18H,6H2,1-2H3. The van der Waals surface area contributed by atoms with Crippen LogP contribution >= 0.6 is 15.9 Å². The molecule has 1 N–H and O–H groups in total. The maximum Gasteiger partial charge on any atom is 0.362 e. The van der Waals surface area contributed by atoms with Crippen molar-refractivity contribution in [3.8, 4) is 0 Å². The largest absolute Gasteiger partial charge is 0.509 e. The number of hydrogen-bond donors (Lipinski definition) is 1. The normalized spacial score (nSPS) is 12.0. The molecule has 0 atom stereocenters. The Morgan fingerprint density at radius 1 is 1.32 bits per heavy atom. The maximum absolute atomic E-state index is 13.6. The van der Waals surface area contributed by atoms with Gasteiger partial charge in [0, 0.05) is 4.47 Å². The van der Waals surface area contributed by atoms with Gasteiger partial charge in [0.15, 0.2) is 5.82 Å². The molecule has 0 spiro atoms. The van der Waals surface area contributed by atoms with E-state index in [0.29, 0.717) is 4.47 Å². The van der Waals surface area contributed by atoms with E-state index >= 15 is 0 Å². The topological polar surface area (TPSA) is 97.5 Å². The van der Waals surface area contributed by atoms with Gasteiger partial charge in [-0.05, 0) is 18.2 Å². The third-order valence-electron chi connectivity index (χ3n) is 2.36. The summed E-state index contributed by atoms with van der Waals surface area (Å²) in [4.78, 5) is 22.6. The minimum absolute atomic E-state index is 0.157. The molecule has 1 aromatic carbocycles. The van der Waals surface area contributed by atoms with Crippen molar-refractivity contribution < 1.29 is 28.6 Å². The molecule has 0 aliphatic carbocycles. The van der Waals surface area contributed by atoms with Crippen molar-refractivity contribution in [2.75, 3.05) is 14.2 Å². The van der Waals surface area contributed by atoms with E-state index < -0.39 is 35.6 Å². The van der Waals surface area contributed by atoms with E-state index in [1.54, 1.807) is 0 Å². The Labute approximate surface area is 133 Å². The Bertz CT molecular complexity index is 645. The van der Waals surface area contributed by atoms with Gasteiger partial charge in [0.25, 0.3) is 0 Å². The van der Waals surface area contributed by atoms with Gasteiger partial charge in [-0.3, -0.25) is 4.79 Å². The fourth-order valence-corrected chi connectivity index (χ4v) is 1.61. The molecule has 0 fully saturated rings. The van der Waals surface area contributed by atoms with Crippen LogP contribution in [0.2, 0.25) is 0 Å². The van der Waals surface area contributed by atoms with Crippen LogP contribution in [0.4, 0.5) is 10.1 Å². The third kappa shape index (κ3) is 4.92. The van der Waals surface area contributed by atoms with Crippen LogP contribution in [-0.4, -0.2) is 31.3 Å². The second kappa shape index (κ2) is 8.23. The molecule has 0 aromatic heterocycles. The van der Waals surface area contributed by atoms with E-state index in [1.165, 1.54) is 12.1 Å². The highest BCUT2D eigenvalue weighted by Crippen LogP contribution is 2.23. The molecule has 0 radical (unpaired) electrons. The first kappa shape index (κ1) is 17.8. The summed E-state index contributed by atoms with van der Waals surface area (Å²) in [5, 5.41) is 16.7. The molecule has 0 heterocycles. The number of hydrogen-bond acceptors (Lipinski definition) is 7. The Hall–Kier alpha value is -2.29. The summed E-state index contributed by atoms with van der Waals surface area (Å²) in [5.74, 6) is -3.19. The highest BCUT2D eigenvalue weighted by molar-refractivity contribution is 9.10. The molecule has 0 saturated heterocycles. The number of methoxy groups -OCH3 is 2. The minimum Gasteiger partial charge on any atom is -0.509 e. The van der Waals surface area contributed by atoms with E-state index in [2.05, 4.69) is 35.6 Å². The van der Waals surface area contributed by atoms with E-state index in [1.807, 2.05) is 0 Å². The Morgan fingerprint density at radius 2 is 2.00 bits per heavy atom. The lowest BCUT2D eigenvalue weighted by Crippen LogP contribution is -2.09. The number of esters is 2. The molecule has 22 heavy (non-hydrogen) atoms. The minimum atomic E-state index is -1.03. The molecule has 0 unspecified atom stereocenters. The highest BCUT2D eigenvalue weighted by Gasteiger charge is 2.19. The van der Waals surface area contributed by atoms with Crippen molar-refractivity contribution in [1.29, 1.82) is 0 Å². The lowest BCUT2D eigenvalue weighted by atomic mass is 10.3. The van der Waals surface area contributed by atoms with Gasteiger partial charge >= 0.3 is 11.9 Å². The van der Waals surface area contributed by atoms with E-state index in [0.717, 1.165) is 20.3 Å². The number of halogens is 2. The average Bonchev–Trinajstić information content (AvgIpc) is 2.48. The van der Waals surface area contributed by atoms with Gasteiger partial charge in [0.1, 0.15) is 17.9 Å². The van der Waals surface area contributed by atoms with Crippen LogP contribution in [0.1, 0.15) is 6.42 Å². The van der Waals surface area contributed by atoms with Crippen LogP contribution in [0.5, 0.6) is 0 Å². The Morgan fingerprint density at radius 3 is 2.55 bits per heavy atom. The second-order valence-corrected chi connectivity index (χ2v) is 4.75. The van der Waals surface area contributed by atoms with Gasteiger partial charge in [-0.25, -0.2) is 9.18 Å². The first-order chi connectivity index (χ1) is 10.4. The molecule has 9 heteroatoms. The predicted molar refractivity (Wildman–Crippen MR) is 76.9 cm³/mol. The van der Waals surface area contributed by atoms with Gasteiger partial charge in [-0.15, -0.1) is 10.2 Å². The average molecular weight is 375 g/mol. The third-order valence-corrected chi connectivity index (χ3v) is 2.85. The number of aliphatic hydroxyl groups is 1. The SMILES string of the molecule is COC(=O)CC(O)=C(N=Nc1ccc(Br)cc1F)C(=O)OC. The predicted octanol–water partition coefficient (Wildman–Crippen LogP) is 3.18. The lowest BCUT2D eigenvalue weighted by molar-refractivity contribution is -0.140. The van der Waals surface area contributed by atoms with Crippen LogP contribution in [0.25, 0.3) is 0 Å². The number of carbonyl (C=O) groups excluding carboxylic acids is 2. The molecule has 0 saturated carbocycles. The summed E-state index contributed by atoms with van der Waals surface area (Å²) < 4.78 is 22.9. The van der Waals surface area contributed by atoms with Gasteiger partial charge in [-0.2, -0.15) is 0 Å². The quantitative estimate of drug-likeness (QED) is 0.369. The van der Waals surface area contributed by atoms with Crippen molar-refractivity contribution in [3.63, 3.8) is 0 Å². The van der Waals surface area contributed by atoms with Crippen molar-refractivity contribution >= 4 is 33.6 Å². The maximum atomic E-state index is 13.6. The van der Waals surface area contributed by atoms with Gasteiger partial charge in [-0.1, -0.05) is 15.9 Å². The van der Waals surface area contributed by atoms with Gasteiger partial charge in [0.05, 0.1) is 14.2 Å². The number of ether oxygens (including phenoxy) is 2. The highest BCUT2D eigenvalue weighted by atomic mass is 79.9. The number of aliphatic hydroxyl groups excluding tert-OH is 1. The van der Waals surface area contributed by atoms with E-state index in [-0.39, 0.29) is 5.69 Å². The van der Waals surface area contributed by atoms with Gasteiger partial charge in [0.2, 0.25) is 5.70 Å². The molecule has 0 aliphatic heterocycles. The van der Waals surface area contributed by atoms with Gasteiger partial charge < -0.3 is 14.6 Å². The van der Waals surface area contributed by atoms with Crippen molar-refractivity contribution in [2.24, 2.45) is 10.2 Å². The van der Waals surface area contributed by atoms with Crippen LogP contribution < -0.4 is 0 Å². The second-order valence-electron chi connectivity index (χ2n) is 3.84. The Kier molecular flexibility index (Phi) is 6.64. The lowest BCUT2D eigenvalue weighted by Gasteiger charge is -2.03. The summed E-state index contributed by atoms with van der Waals surface area (Å²) in [6, 6.07) is 3.99. The molecule has 118 valence electrons. The van der Waals surface area contributed by atoms with E-state index in [4.69, 9.17) is 0 Å².